The van der Waals surface area contributed by atoms with Crippen LogP contribution < -0.4 is 5.73 Å². The van der Waals surface area contributed by atoms with Crippen molar-refractivity contribution in [2.75, 3.05) is 0 Å². The summed E-state index contributed by atoms with van der Waals surface area (Å²) in [4.78, 5) is 0. The van der Waals surface area contributed by atoms with Crippen molar-refractivity contribution in [3.63, 3.8) is 0 Å². The summed E-state index contributed by atoms with van der Waals surface area (Å²) in [5.41, 5.74) is 10.2. The van der Waals surface area contributed by atoms with Gasteiger partial charge in [-0.2, -0.15) is 0 Å². The van der Waals surface area contributed by atoms with Crippen molar-refractivity contribution < 1.29 is 0 Å². The number of hydrogen-bond donors (Lipinski definition) is 1. The number of nitrogens with two attached hydrogens (primary N) is 1. The van der Waals surface area contributed by atoms with Crippen molar-refractivity contribution in [2.45, 2.75) is 13.0 Å². The predicted octanol–water partition coefficient (Wildman–Crippen LogP) is 4.86. The van der Waals surface area contributed by atoms with Crippen LogP contribution in [0.5, 0.6) is 0 Å². The second-order valence-electron chi connectivity index (χ2n) is 4.68. The molecule has 0 saturated heterocycles. The molecule has 0 fully saturated rings. The Morgan fingerprint density at radius 1 is 1.16 bits per heavy atom. The van der Waals surface area contributed by atoms with E-state index in [1.54, 1.807) is 11.3 Å². The first-order valence-electron chi connectivity index (χ1n) is 6.14. The third-order valence-electron chi connectivity index (χ3n) is 3.45. The highest BCUT2D eigenvalue weighted by Gasteiger charge is 2.15. The molecule has 0 saturated carbocycles. The van der Waals surface area contributed by atoms with Crippen LogP contribution >= 0.6 is 33.9 Å². The lowest BCUT2D eigenvalue weighted by Gasteiger charge is -2.16. The predicted molar refractivity (Wildman–Crippen MR) is 91.8 cm³/mol. The van der Waals surface area contributed by atoms with Crippen LogP contribution in [0, 0.1) is 9.81 Å². The molecule has 1 nitrogen and oxygen atoms in total. The molecule has 3 heteroatoms. The van der Waals surface area contributed by atoms with E-state index in [0.717, 1.165) is 0 Å². The van der Waals surface area contributed by atoms with Crippen LogP contribution in [-0.4, -0.2) is 0 Å². The second-order valence-corrected chi connectivity index (χ2v) is 7.48. The summed E-state index contributed by atoms with van der Waals surface area (Å²) in [6.07, 6.45) is 0. The summed E-state index contributed by atoms with van der Waals surface area (Å²) in [6, 6.07) is 14.9. The zero-order valence-electron chi connectivity index (χ0n) is 10.6. The molecule has 0 aliphatic carbocycles. The Balaban J connectivity index is 2.21. The number of halogens is 1. The number of benzene rings is 2. The second kappa shape index (κ2) is 5.23. The van der Waals surface area contributed by atoms with Crippen molar-refractivity contribution in [3.05, 3.63) is 67.4 Å². The number of aryl methyl sites for hydroxylation is 1. The fourth-order valence-corrected chi connectivity index (χ4v) is 3.88. The van der Waals surface area contributed by atoms with Gasteiger partial charge >= 0.3 is 0 Å². The lowest BCUT2D eigenvalue weighted by atomic mass is 9.92. The van der Waals surface area contributed by atoms with Crippen molar-refractivity contribution >= 4 is 44.7 Å². The van der Waals surface area contributed by atoms with E-state index in [4.69, 9.17) is 5.73 Å². The molecule has 0 spiro atoms. The SMILES string of the molecule is Cc1ccc2ccccc2c1C(N)c1csc(I)c1. The Hall–Kier alpha value is -0.910. The number of hydrogen-bond acceptors (Lipinski definition) is 2. The fraction of sp³-hybridized carbons (Fsp3) is 0.125. The summed E-state index contributed by atoms with van der Waals surface area (Å²) in [7, 11) is 0. The highest BCUT2D eigenvalue weighted by atomic mass is 127. The van der Waals surface area contributed by atoms with Gasteiger partial charge in [-0.15, -0.1) is 11.3 Å². The minimum atomic E-state index is -0.0501. The van der Waals surface area contributed by atoms with Crippen molar-refractivity contribution in [2.24, 2.45) is 5.73 Å². The van der Waals surface area contributed by atoms with Gasteiger partial charge in [0.15, 0.2) is 0 Å². The topological polar surface area (TPSA) is 26.0 Å². The number of fused-ring (bicyclic) bond motifs is 1. The van der Waals surface area contributed by atoms with Gasteiger partial charge in [0, 0.05) is 0 Å². The molecule has 0 aliphatic rings. The molecule has 96 valence electrons. The van der Waals surface area contributed by atoms with Crippen LogP contribution in [0.2, 0.25) is 0 Å². The van der Waals surface area contributed by atoms with E-state index < -0.39 is 0 Å². The molecular formula is C16H14INS. The molecule has 1 heterocycles. The van der Waals surface area contributed by atoms with E-state index >= 15 is 0 Å². The van der Waals surface area contributed by atoms with E-state index in [1.807, 2.05) is 0 Å². The first-order chi connectivity index (χ1) is 9.16. The van der Waals surface area contributed by atoms with Crippen LogP contribution in [0.3, 0.4) is 0 Å². The fourth-order valence-electron chi connectivity index (χ4n) is 2.47. The molecule has 0 amide bonds. The summed E-state index contributed by atoms with van der Waals surface area (Å²) >= 11 is 4.09. The first kappa shape index (κ1) is 13.1. The van der Waals surface area contributed by atoms with E-state index in [9.17, 15) is 0 Å². The molecular weight excluding hydrogens is 365 g/mol. The zero-order valence-corrected chi connectivity index (χ0v) is 13.5. The average molecular weight is 379 g/mol. The van der Waals surface area contributed by atoms with Crippen molar-refractivity contribution in [1.82, 2.24) is 0 Å². The highest BCUT2D eigenvalue weighted by Crippen LogP contribution is 2.32. The molecule has 0 aliphatic heterocycles. The Bertz CT molecular complexity index is 732. The van der Waals surface area contributed by atoms with Gasteiger partial charge in [-0.3, -0.25) is 0 Å². The van der Waals surface area contributed by atoms with E-state index in [-0.39, 0.29) is 6.04 Å². The minimum absolute atomic E-state index is 0.0501. The smallest absolute Gasteiger partial charge is 0.0656 e. The zero-order chi connectivity index (χ0) is 13.4. The largest absolute Gasteiger partial charge is 0.320 e. The summed E-state index contributed by atoms with van der Waals surface area (Å²) < 4.78 is 1.28. The Kier molecular flexibility index (Phi) is 3.60. The maximum absolute atomic E-state index is 6.50. The third kappa shape index (κ3) is 2.42. The molecule has 3 aromatic rings. The van der Waals surface area contributed by atoms with Crippen LogP contribution in [0.25, 0.3) is 10.8 Å². The first-order valence-corrected chi connectivity index (χ1v) is 8.10. The van der Waals surface area contributed by atoms with Gasteiger partial charge in [0.2, 0.25) is 0 Å². The van der Waals surface area contributed by atoms with Crippen LogP contribution in [0.15, 0.2) is 47.8 Å². The van der Waals surface area contributed by atoms with Gasteiger partial charge in [0.05, 0.1) is 8.93 Å². The Labute approximate surface area is 130 Å². The molecule has 0 bridgehead atoms. The quantitative estimate of drug-likeness (QED) is 0.633. The normalized spacial score (nSPS) is 12.8. The van der Waals surface area contributed by atoms with Gasteiger partial charge < -0.3 is 5.73 Å². The Morgan fingerprint density at radius 3 is 2.68 bits per heavy atom. The standard InChI is InChI=1S/C16H14INS/c1-10-6-7-11-4-2-3-5-13(11)15(10)16(18)12-8-14(17)19-9-12/h2-9,16H,18H2,1H3. The van der Waals surface area contributed by atoms with Crippen molar-refractivity contribution in [3.8, 4) is 0 Å². The van der Waals surface area contributed by atoms with E-state index in [1.165, 1.54) is 30.3 Å². The van der Waals surface area contributed by atoms with Crippen LogP contribution in [0.1, 0.15) is 22.7 Å². The summed E-state index contributed by atoms with van der Waals surface area (Å²) in [5, 5.41) is 4.67. The van der Waals surface area contributed by atoms with Gasteiger partial charge in [0.1, 0.15) is 0 Å². The van der Waals surface area contributed by atoms with Gasteiger partial charge in [0.25, 0.3) is 0 Å². The average Bonchev–Trinajstić information content (AvgIpc) is 2.85. The summed E-state index contributed by atoms with van der Waals surface area (Å²) in [6.45, 7) is 2.14. The molecule has 2 N–H and O–H groups in total. The highest BCUT2D eigenvalue weighted by molar-refractivity contribution is 14.1. The minimum Gasteiger partial charge on any atom is -0.320 e. The lowest BCUT2D eigenvalue weighted by Crippen LogP contribution is -2.13. The van der Waals surface area contributed by atoms with Crippen molar-refractivity contribution in [1.29, 1.82) is 0 Å². The molecule has 1 atom stereocenters. The maximum Gasteiger partial charge on any atom is 0.0656 e. The van der Waals surface area contributed by atoms with E-state index in [2.05, 4.69) is 77.4 Å². The van der Waals surface area contributed by atoms with Crippen LogP contribution in [-0.2, 0) is 0 Å². The Morgan fingerprint density at radius 2 is 1.95 bits per heavy atom. The van der Waals surface area contributed by atoms with Gasteiger partial charge in [-0.05, 0) is 68.4 Å². The molecule has 0 radical (unpaired) electrons. The monoisotopic (exact) mass is 379 g/mol. The summed E-state index contributed by atoms with van der Waals surface area (Å²) in [5.74, 6) is 0. The maximum atomic E-state index is 6.50. The molecule has 2 aromatic carbocycles. The molecule has 3 rings (SSSR count). The number of thiophene rings is 1. The molecule has 1 unspecified atom stereocenters. The lowest BCUT2D eigenvalue weighted by molar-refractivity contribution is 0.876. The molecule has 19 heavy (non-hydrogen) atoms. The van der Waals surface area contributed by atoms with Crippen LogP contribution in [0.4, 0.5) is 0 Å². The van der Waals surface area contributed by atoms with Gasteiger partial charge in [-0.25, -0.2) is 0 Å². The van der Waals surface area contributed by atoms with E-state index in [0.29, 0.717) is 0 Å². The molecule has 1 aromatic heterocycles. The number of rotatable bonds is 2. The third-order valence-corrected chi connectivity index (χ3v) is 5.25. The van der Waals surface area contributed by atoms with Gasteiger partial charge in [-0.1, -0.05) is 36.4 Å².